The fourth-order valence-corrected chi connectivity index (χ4v) is 4.06. The summed E-state index contributed by atoms with van der Waals surface area (Å²) in [7, 11) is 1.59. The molecular weight excluding hydrogens is 464 g/mol. The number of hydrogen-bond acceptors (Lipinski definition) is 8. The number of ether oxygens (including phenoxy) is 2. The van der Waals surface area contributed by atoms with E-state index >= 15 is 0 Å². The number of rotatable bonds is 6. The van der Waals surface area contributed by atoms with E-state index in [1.54, 1.807) is 18.1 Å². The summed E-state index contributed by atoms with van der Waals surface area (Å²) in [6.07, 6.45) is 3.00. The second-order valence-corrected chi connectivity index (χ2v) is 9.68. The molecule has 1 fully saturated rings. The Hall–Kier alpha value is -4.02. The summed E-state index contributed by atoms with van der Waals surface area (Å²) in [6.45, 7) is 6.99. The average molecular weight is 497 g/mol. The number of nitrogen functional groups attached to an aromatic ring is 1. The summed E-state index contributed by atoms with van der Waals surface area (Å²) in [5.74, 6) is 0.217. The minimum atomic E-state index is -0.526. The molecule has 1 aromatic carbocycles. The number of carbonyl (C=O) groups is 2. The van der Waals surface area contributed by atoms with Gasteiger partial charge in [0.05, 0.1) is 13.2 Å². The van der Waals surface area contributed by atoms with Gasteiger partial charge in [-0.05, 0) is 57.4 Å². The number of nitrogens with one attached hydrogen (secondary N) is 1. The smallest absolute Gasteiger partial charge is 0.410 e. The molecule has 0 radical (unpaired) electrons. The first-order valence-electron chi connectivity index (χ1n) is 11.8. The number of methoxy groups -OCH3 is 1. The van der Waals surface area contributed by atoms with Crippen molar-refractivity contribution in [1.29, 1.82) is 0 Å². The van der Waals surface area contributed by atoms with E-state index < -0.39 is 11.5 Å². The highest BCUT2D eigenvalue weighted by atomic mass is 16.6. The lowest BCUT2D eigenvalue weighted by atomic mass is 10.1. The van der Waals surface area contributed by atoms with Crippen molar-refractivity contribution in [3.63, 3.8) is 0 Å². The Kier molecular flexibility index (Phi) is 7.18. The summed E-state index contributed by atoms with van der Waals surface area (Å²) in [5.41, 5.74) is 7.19. The van der Waals surface area contributed by atoms with Gasteiger partial charge in [0.1, 0.15) is 28.3 Å². The molecule has 1 aliphatic rings. The highest BCUT2D eigenvalue weighted by molar-refractivity contribution is 6.03. The molecule has 2 aromatic heterocycles. The molecule has 3 N–H and O–H groups in total. The topological polar surface area (TPSA) is 138 Å². The summed E-state index contributed by atoms with van der Waals surface area (Å²) in [4.78, 5) is 27.0. The number of nitrogens with zero attached hydrogens (tertiary/aromatic N) is 4. The highest BCUT2D eigenvalue weighted by Crippen LogP contribution is 2.29. The van der Waals surface area contributed by atoms with Gasteiger partial charge in [0, 0.05) is 25.8 Å². The second kappa shape index (κ2) is 10.3. The zero-order valence-corrected chi connectivity index (χ0v) is 21.0. The van der Waals surface area contributed by atoms with Crippen LogP contribution in [0.1, 0.15) is 55.6 Å². The number of likely N-dealkylation sites (tertiary alicyclic amines) is 1. The molecule has 192 valence electrons. The van der Waals surface area contributed by atoms with E-state index in [0.29, 0.717) is 24.5 Å². The van der Waals surface area contributed by atoms with Gasteiger partial charge in [-0.3, -0.25) is 9.48 Å². The monoisotopic (exact) mass is 496 g/mol. The Morgan fingerprint density at radius 1 is 1.22 bits per heavy atom. The quantitative estimate of drug-likeness (QED) is 0.528. The molecule has 0 unspecified atom stereocenters. The number of anilines is 1. The average Bonchev–Trinajstić information content (AvgIpc) is 3.48. The van der Waals surface area contributed by atoms with Crippen molar-refractivity contribution in [3.05, 3.63) is 47.7 Å². The Bertz CT molecular complexity index is 1220. The van der Waals surface area contributed by atoms with Crippen LogP contribution in [-0.4, -0.2) is 57.6 Å². The van der Waals surface area contributed by atoms with Gasteiger partial charge >= 0.3 is 6.09 Å². The predicted octanol–water partition coefficient (Wildman–Crippen LogP) is 3.63. The zero-order chi connectivity index (χ0) is 25.9. The molecule has 0 bridgehead atoms. The van der Waals surface area contributed by atoms with Crippen molar-refractivity contribution in [2.75, 3.05) is 25.9 Å². The van der Waals surface area contributed by atoms with Crippen molar-refractivity contribution >= 4 is 17.9 Å². The van der Waals surface area contributed by atoms with Crippen molar-refractivity contribution in [2.45, 2.75) is 51.8 Å². The van der Waals surface area contributed by atoms with Crippen LogP contribution in [-0.2, 0) is 11.3 Å². The molecule has 0 spiro atoms. The number of amides is 2. The SMILES string of the molecule is COc1cccc(CNC(=O)c2c(-c3ccn(C4CCN(C(=O)OC(C)(C)C)CC4)n3)noc2N)c1. The number of benzene rings is 1. The summed E-state index contributed by atoms with van der Waals surface area (Å²) in [5, 5.41) is 11.5. The maximum absolute atomic E-state index is 12.9. The van der Waals surface area contributed by atoms with Crippen molar-refractivity contribution in [3.8, 4) is 17.1 Å². The van der Waals surface area contributed by atoms with E-state index in [1.165, 1.54) is 0 Å². The third kappa shape index (κ3) is 5.78. The van der Waals surface area contributed by atoms with Crippen LogP contribution in [0.25, 0.3) is 11.4 Å². The van der Waals surface area contributed by atoms with Crippen LogP contribution >= 0.6 is 0 Å². The predicted molar refractivity (Wildman–Crippen MR) is 132 cm³/mol. The number of hydrogen-bond donors (Lipinski definition) is 2. The largest absolute Gasteiger partial charge is 0.497 e. The van der Waals surface area contributed by atoms with Crippen LogP contribution < -0.4 is 15.8 Å². The van der Waals surface area contributed by atoms with Crippen LogP contribution in [0.3, 0.4) is 0 Å². The van der Waals surface area contributed by atoms with Crippen molar-refractivity contribution < 1.29 is 23.6 Å². The fourth-order valence-electron chi connectivity index (χ4n) is 4.06. The van der Waals surface area contributed by atoms with Crippen LogP contribution in [0, 0.1) is 0 Å². The normalized spacial score (nSPS) is 14.5. The van der Waals surface area contributed by atoms with E-state index in [4.69, 9.17) is 19.7 Å². The summed E-state index contributed by atoms with van der Waals surface area (Å²) >= 11 is 0. The molecule has 1 saturated heterocycles. The van der Waals surface area contributed by atoms with Gasteiger partial charge in [-0.2, -0.15) is 5.10 Å². The third-order valence-electron chi connectivity index (χ3n) is 5.87. The first-order chi connectivity index (χ1) is 17.1. The van der Waals surface area contributed by atoms with Crippen LogP contribution in [0.2, 0.25) is 0 Å². The lowest BCUT2D eigenvalue weighted by Crippen LogP contribution is -2.42. The Labute approximate surface area is 209 Å². The number of aromatic nitrogens is 3. The minimum absolute atomic E-state index is 0.0756. The van der Waals surface area contributed by atoms with Crippen LogP contribution in [0.15, 0.2) is 41.1 Å². The standard InChI is InChI=1S/C25H32N6O5/c1-25(2,3)35-24(33)30-11-8-17(9-12-30)31-13-10-19(28-31)21-20(22(26)36-29-21)23(32)27-15-16-6-5-7-18(14-16)34-4/h5-7,10,13-14,17H,8-9,11-12,15,26H2,1-4H3,(H,27,32). The first-order valence-corrected chi connectivity index (χ1v) is 11.8. The number of piperidine rings is 1. The Morgan fingerprint density at radius 3 is 2.67 bits per heavy atom. The first kappa shape index (κ1) is 25.1. The molecule has 1 aliphatic heterocycles. The molecule has 11 heteroatoms. The van der Waals surface area contributed by atoms with Crippen LogP contribution in [0.4, 0.5) is 10.7 Å². The molecule has 3 heterocycles. The lowest BCUT2D eigenvalue weighted by Gasteiger charge is -2.33. The van der Waals surface area contributed by atoms with E-state index in [-0.39, 0.29) is 35.8 Å². The van der Waals surface area contributed by atoms with E-state index in [9.17, 15) is 9.59 Å². The summed E-state index contributed by atoms with van der Waals surface area (Å²) in [6, 6.07) is 9.29. The molecule has 0 atom stereocenters. The van der Waals surface area contributed by atoms with Crippen molar-refractivity contribution in [1.82, 2.24) is 25.2 Å². The zero-order valence-electron chi connectivity index (χ0n) is 21.0. The molecule has 0 aliphatic carbocycles. The fraction of sp³-hybridized carbons (Fsp3) is 0.440. The van der Waals surface area contributed by atoms with E-state index in [2.05, 4.69) is 15.6 Å². The highest BCUT2D eigenvalue weighted by Gasteiger charge is 2.29. The van der Waals surface area contributed by atoms with Crippen molar-refractivity contribution in [2.24, 2.45) is 0 Å². The van der Waals surface area contributed by atoms with Gasteiger partial charge in [-0.1, -0.05) is 17.3 Å². The van der Waals surface area contributed by atoms with E-state index in [1.807, 2.05) is 55.9 Å². The lowest BCUT2D eigenvalue weighted by molar-refractivity contribution is 0.0184. The maximum Gasteiger partial charge on any atom is 0.410 e. The second-order valence-electron chi connectivity index (χ2n) is 9.68. The Balaban J connectivity index is 1.41. The van der Waals surface area contributed by atoms with Gasteiger partial charge in [0.15, 0.2) is 0 Å². The third-order valence-corrected chi connectivity index (χ3v) is 5.87. The maximum atomic E-state index is 12.9. The van der Waals surface area contributed by atoms with Gasteiger partial charge in [0.25, 0.3) is 5.91 Å². The molecule has 2 amide bonds. The number of nitrogens with two attached hydrogens (primary N) is 1. The Morgan fingerprint density at radius 2 is 1.97 bits per heavy atom. The summed E-state index contributed by atoms with van der Waals surface area (Å²) < 4.78 is 17.7. The molecule has 11 nitrogen and oxygen atoms in total. The van der Waals surface area contributed by atoms with E-state index in [0.717, 1.165) is 18.4 Å². The molecule has 4 rings (SSSR count). The number of carbonyl (C=O) groups excluding carboxylic acids is 2. The molecule has 36 heavy (non-hydrogen) atoms. The molecular formula is C25H32N6O5. The minimum Gasteiger partial charge on any atom is -0.497 e. The van der Waals surface area contributed by atoms with Gasteiger partial charge in [-0.25, -0.2) is 4.79 Å². The van der Waals surface area contributed by atoms with Crippen LogP contribution in [0.5, 0.6) is 5.75 Å². The molecule has 0 saturated carbocycles. The molecule has 3 aromatic rings. The van der Waals surface area contributed by atoms with Gasteiger partial charge < -0.3 is 29.9 Å². The van der Waals surface area contributed by atoms with Gasteiger partial charge in [-0.15, -0.1) is 0 Å². The van der Waals surface area contributed by atoms with Gasteiger partial charge in [0.2, 0.25) is 5.88 Å².